The van der Waals surface area contributed by atoms with Crippen molar-refractivity contribution < 1.29 is 4.79 Å². The van der Waals surface area contributed by atoms with Crippen LogP contribution in [-0.4, -0.2) is 42.9 Å². The predicted molar refractivity (Wildman–Crippen MR) is 78.2 cm³/mol. The number of carbonyl (C=O) groups is 1. The van der Waals surface area contributed by atoms with Gasteiger partial charge in [0.25, 0.3) is 5.91 Å². The molecule has 0 N–H and O–H groups in total. The Hall–Kier alpha value is -1.35. The number of hydrogen-bond donors (Lipinski definition) is 0. The van der Waals surface area contributed by atoms with E-state index in [-0.39, 0.29) is 5.91 Å². The Labute approximate surface area is 116 Å². The van der Waals surface area contributed by atoms with Crippen LogP contribution in [0.4, 0.5) is 0 Å². The summed E-state index contributed by atoms with van der Waals surface area (Å²) in [6, 6.07) is 8.05. The molecule has 0 bridgehead atoms. The summed E-state index contributed by atoms with van der Waals surface area (Å²) in [6.45, 7) is 2.74. The molecular formula is C16H24N2O. The van der Waals surface area contributed by atoms with E-state index in [0.717, 1.165) is 38.0 Å². The first-order chi connectivity index (χ1) is 9.16. The summed E-state index contributed by atoms with van der Waals surface area (Å²) in [6.07, 6.45) is 4.80. The van der Waals surface area contributed by atoms with Crippen LogP contribution in [0.15, 0.2) is 24.3 Å². The molecule has 1 aromatic carbocycles. The third-order valence-corrected chi connectivity index (χ3v) is 3.59. The molecule has 3 nitrogen and oxygen atoms in total. The van der Waals surface area contributed by atoms with Gasteiger partial charge in [0, 0.05) is 25.2 Å². The van der Waals surface area contributed by atoms with E-state index < -0.39 is 0 Å². The molecule has 19 heavy (non-hydrogen) atoms. The minimum absolute atomic E-state index is 0.193. The Bertz CT molecular complexity index is 403. The van der Waals surface area contributed by atoms with Crippen LogP contribution in [0.3, 0.4) is 0 Å². The fourth-order valence-corrected chi connectivity index (χ4v) is 2.57. The fraction of sp³-hybridized carbons (Fsp3) is 0.562. The molecule has 0 radical (unpaired) electrons. The van der Waals surface area contributed by atoms with Crippen molar-refractivity contribution >= 4 is 5.91 Å². The summed E-state index contributed by atoms with van der Waals surface area (Å²) in [5.41, 5.74) is 2.07. The zero-order valence-corrected chi connectivity index (χ0v) is 12.1. The third kappa shape index (κ3) is 4.06. The van der Waals surface area contributed by atoms with Gasteiger partial charge in [0.15, 0.2) is 0 Å². The SMILES string of the molecule is CN(C)Cc1ccc(C(=O)N2CCCCCC2)cc1. The highest BCUT2D eigenvalue weighted by molar-refractivity contribution is 5.94. The van der Waals surface area contributed by atoms with Crippen molar-refractivity contribution in [2.75, 3.05) is 27.2 Å². The largest absolute Gasteiger partial charge is 0.339 e. The molecule has 3 heteroatoms. The fourth-order valence-electron chi connectivity index (χ4n) is 2.57. The van der Waals surface area contributed by atoms with Crippen LogP contribution >= 0.6 is 0 Å². The number of hydrogen-bond acceptors (Lipinski definition) is 2. The second-order valence-electron chi connectivity index (χ2n) is 5.64. The summed E-state index contributed by atoms with van der Waals surface area (Å²) >= 11 is 0. The lowest BCUT2D eigenvalue weighted by molar-refractivity contribution is 0.0761. The monoisotopic (exact) mass is 260 g/mol. The average Bonchev–Trinajstić information content (AvgIpc) is 2.67. The number of carbonyl (C=O) groups excluding carboxylic acids is 1. The van der Waals surface area contributed by atoms with Gasteiger partial charge in [-0.15, -0.1) is 0 Å². The maximum Gasteiger partial charge on any atom is 0.253 e. The van der Waals surface area contributed by atoms with Crippen LogP contribution in [-0.2, 0) is 6.54 Å². The van der Waals surface area contributed by atoms with Gasteiger partial charge in [-0.3, -0.25) is 4.79 Å². The maximum atomic E-state index is 12.4. The van der Waals surface area contributed by atoms with Gasteiger partial charge < -0.3 is 9.80 Å². The molecule has 1 fully saturated rings. The zero-order chi connectivity index (χ0) is 13.7. The van der Waals surface area contributed by atoms with Gasteiger partial charge in [-0.1, -0.05) is 25.0 Å². The lowest BCUT2D eigenvalue weighted by atomic mass is 10.1. The first-order valence-corrected chi connectivity index (χ1v) is 7.20. The van der Waals surface area contributed by atoms with E-state index in [4.69, 9.17) is 0 Å². The maximum absolute atomic E-state index is 12.4. The van der Waals surface area contributed by atoms with Crippen molar-refractivity contribution in [2.45, 2.75) is 32.2 Å². The Morgan fingerprint density at radius 1 is 1.05 bits per heavy atom. The molecule has 0 unspecified atom stereocenters. The normalized spacial score (nSPS) is 16.5. The van der Waals surface area contributed by atoms with Crippen molar-refractivity contribution in [3.05, 3.63) is 35.4 Å². The van der Waals surface area contributed by atoms with E-state index >= 15 is 0 Å². The molecule has 1 aliphatic heterocycles. The molecule has 0 saturated carbocycles. The van der Waals surface area contributed by atoms with Crippen LogP contribution in [0.5, 0.6) is 0 Å². The second kappa shape index (κ2) is 6.71. The summed E-state index contributed by atoms with van der Waals surface area (Å²) in [4.78, 5) is 16.5. The van der Waals surface area contributed by atoms with Crippen molar-refractivity contribution in [1.82, 2.24) is 9.80 Å². The molecule has 0 aromatic heterocycles. The molecule has 0 aliphatic carbocycles. The van der Waals surface area contributed by atoms with Crippen molar-refractivity contribution in [2.24, 2.45) is 0 Å². The smallest absolute Gasteiger partial charge is 0.253 e. The van der Waals surface area contributed by atoms with Gasteiger partial charge in [0.1, 0.15) is 0 Å². The first-order valence-electron chi connectivity index (χ1n) is 7.20. The number of rotatable bonds is 3. The highest BCUT2D eigenvalue weighted by Crippen LogP contribution is 2.14. The van der Waals surface area contributed by atoms with Gasteiger partial charge in [0.05, 0.1) is 0 Å². The molecule has 0 atom stereocenters. The molecule has 104 valence electrons. The van der Waals surface area contributed by atoms with E-state index in [9.17, 15) is 4.79 Å². The van der Waals surface area contributed by atoms with Crippen LogP contribution in [0.1, 0.15) is 41.6 Å². The molecule has 2 rings (SSSR count). The van der Waals surface area contributed by atoms with Crippen molar-refractivity contribution in [3.63, 3.8) is 0 Å². The van der Waals surface area contributed by atoms with E-state index in [2.05, 4.69) is 31.1 Å². The van der Waals surface area contributed by atoms with Crippen molar-refractivity contribution in [3.8, 4) is 0 Å². The highest BCUT2D eigenvalue weighted by Gasteiger charge is 2.16. The van der Waals surface area contributed by atoms with E-state index in [1.807, 2.05) is 17.0 Å². The molecule has 0 spiro atoms. The van der Waals surface area contributed by atoms with E-state index in [1.165, 1.54) is 18.4 Å². The number of amides is 1. The van der Waals surface area contributed by atoms with Crippen LogP contribution in [0.25, 0.3) is 0 Å². The standard InChI is InChI=1S/C16H24N2O/c1-17(2)13-14-7-9-15(10-8-14)16(19)18-11-5-3-4-6-12-18/h7-10H,3-6,11-13H2,1-2H3. The van der Waals surface area contributed by atoms with Gasteiger partial charge >= 0.3 is 0 Å². The summed E-state index contributed by atoms with van der Waals surface area (Å²) < 4.78 is 0. The molecule has 1 aliphatic rings. The highest BCUT2D eigenvalue weighted by atomic mass is 16.2. The zero-order valence-electron chi connectivity index (χ0n) is 12.1. The van der Waals surface area contributed by atoms with Gasteiger partial charge in [-0.2, -0.15) is 0 Å². The Morgan fingerprint density at radius 3 is 2.16 bits per heavy atom. The molecule has 1 aromatic rings. The first kappa shape index (κ1) is 14.1. The Balaban J connectivity index is 2.02. The lowest BCUT2D eigenvalue weighted by Gasteiger charge is -2.20. The van der Waals surface area contributed by atoms with Crippen molar-refractivity contribution in [1.29, 1.82) is 0 Å². The number of likely N-dealkylation sites (tertiary alicyclic amines) is 1. The Kier molecular flexibility index (Phi) is 4.97. The minimum atomic E-state index is 0.193. The summed E-state index contributed by atoms with van der Waals surface area (Å²) in [7, 11) is 4.10. The van der Waals surface area contributed by atoms with Crippen LogP contribution in [0.2, 0.25) is 0 Å². The molecular weight excluding hydrogens is 236 g/mol. The quantitative estimate of drug-likeness (QED) is 0.834. The van der Waals surface area contributed by atoms with E-state index in [1.54, 1.807) is 0 Å². The average molecular weight is 260 g/mol. The number of nitrogens with zero attached hydrogens (tertiary/aromatic N) is 2. The molecule has 1 amide bonds. The van der Waals surface area contributed by atoms with E-state index in [0.29, 0.717) is 0 Å². The van der Waals surface area contributed by atoms with Gasteiger partial charge in [-0.05, 0) is 44.6 Å². The Morgan fingerprint density at radius 2 is 1.63 bits per heavy atom. The van der Waals surface area contributed by atoms with Gasteiger partial charge in [0.2, 0.25) is 0 Å². The van der Waals surface area contributed by atoms with Crippen LogP contribution < -0.4 is 0 Å². The predicted octanol–water partition coefficient (Wildman–Crippen LogP) is 2.76. The molecule has 1 saturated heterocycles. The van der Waals surface area contributed by atoms with Gasteiger partial charge in [-0.25, -0.2) is 0 Å². The lowest BCUT2D eigenvalue weighted by Crippen LogP contribution is -2.31. The topological polar surface area (TPSA) is 23.6 Å². The third-order valence-electron chi connectivity index (χ3n) is 3.59. The second-order valence-corrected chi connectivity index (χ2v) is 5.64. The van der Waals surface area contributed by atoms with Crippen LogP contribution in [0, 0.1) is 0 Å². The summed E-state index contributed by atoms with van der Waals surface area (Å²) in [5, 5.41) is 0. The summed E-state index contributed by atoms with van der Waals surface area (Å²) in [5.74, 6) is 0.193. The number of benzene rings is 1. The minimum Gasteiger partial charge on any atom is -0.339 e. The molecule has 1 heterocycles.